The second kappa shape index (κ2) is 9.41. The molecule has 8 heteroatoms. The number of hydrogen-bond donors (Lipinski definition) is 1. The first-order valence-electron chi connectivity index (χ1n) is 11.6. The van der Waals surface area contributed by atoms with Crippen molar-refractivity contribution in [2.45, 2.75) is 46.0 Å². The highest BCUT2D eigenvalue weighted by Gasteiger charge is 2.38. The topological polar surface area (TPSA) is 110 Å². The molecule has 2 aromatic carbocycles. The molecule has 0 fully saturated rings. The lowest BCUT2D eigenvalue weighted by atomic mass is 9.86. The average molecular weight is 452 g/mol. The minimum absolute atomic E-state index is 0.212. The summed E-state index contributed by atoms with van der Waals surface area (Å²) in [5, 5.41) is 1.23. The van der Waals surface area contributed by atoms with E-state index in [1.54, 1.807) is 0 Å². The molecule has 0 aliphatic carbocycles. The SMILES string of the molecule is CCCCC(CC)COCCCN1C(=O)c2ccc3c4c(ccc(c24)C1=O)C(=O)N(N)C3=O. The van der Waals surface area contributed by atoms with Crippen LogP contribution in [0, 0.1) is 5.92 Å². The molecule has 174 valence electrons. The van der Waals surface area contributed by atoms with E-state index in [0.717, 1.165) is 12.8 Å². The number of hydrazine groups is 1. The summed E-state index contributed by atoms with van der Waals surface area (Å²) in [7, 11) is 0. The predicted octanol–water partition coefficient (Wildman–Crippen LogP) is 3.53. The van der Waals surface area contributed by atoms with E-state index in [4.69, 9.17) is 10.6 Å². The van der Waals surface area contributed by atoms with Gasteiger partial charge < -0.3 is 4.74 Å². The number of nitrogens with two attached hydrogens (primary N) is 1. The first kappa shape index (κ1) is 23.1. The van der Waals surface area contributed by atoms with E-state index >= 15 is 0 Å². The van der Waals surface area contributed by atoms with Crippen LogP contribution in [-0.2, 0) is 4.74 Å². The molecule has 2 heterocycles. The Balaban J connectivity index is 1.51. The number of imide groups is 2. The Hall–Kier alpha value is -3.10. The first-order chi connectivity index (χ1) is 15.9. The number of rotatable bonds is 10. The summed E-state index contributed by atoms with van der Waals surface area (Å²) >= 11 is 0. The van der Waals surface area contributed by atoms with Gasteiger partial charge in [-0.05, 0) is 43.0 Å². The van der Waals surface area contributed by atoms with E-state index in [2.05, 4.69) is 13.8 Å². The molecule has 4 rings (SSSR count). The largest absolute Gasteiger partial charge is 0.381 e. The van der Waals surface area contributed by atoms with Gasteiger partial charge in [-0.3, -0.25) is 24.1 Å². The van der Waals surface area contributed by atoms with Gasteiger partial charge in [0, 0.05) is 41.7 Å². The molecule has 0 spiro atoms. The Labute approximate surface area is 192 Å². The van der Waals surface area contributed by atoms with Crippen molar-refractivity contribution in [2.75, 3.05) is 19.8 Å². The van der Waals surface area contributed by atoms with Crippen LogP contribution in [0.3, 0.4) is 0 Å². The van der Waals surface area contributed by atoms with Crippen LogP contribution in [0.15, 0.2) is 24.3 Å². The summed E-state index contributed by atoms with van der Waals surface area (Å²) in [6, 6.07) is 6.06. The van der Waals surface area contributed by atoms with Crippen molar-refractivity contribution >= 4 is 34.4 Å². The lowest BCUT2D eigenvalue weighted by Gasteiger charge is -2.30. The smallest absolute Gasteiger partial charge is 0.275 e. The fourth-order valence-corrected chi connectivity index (χ4v) is 4.62. The molecule has 0 radical (unpaired) electrons. The quantitative estimate of drug-likeness (QED) is 0.256. The average Bonchev–Trinajstić information content (AvgIpc) is 2.83. The molecule has 1 atom stereocenters. The van der Waals surface area contributed by atoms with E-state index in [0.29, 0.717) is 52.5 Å². The number of ether oxygens (including phenoxy) is 1. The molecule has 2 aliphatic heterocycles. The Kier molecular flexibility index (Phi) is 6.58. The first-order valence-corrected chi connectivity index (χ1v) is 11.6. The second-order valence-electron chi connectivity index (χ2n) is 8.66. The summed E-state index contributed by atoms with van der Waals surface area (Å²) in [6.45, 7) is 5.73. The van der Waals surface area contributed by atoms with E-state index < -0.39 is 23.6 Å². The monoisotopic (exact) mass is 451 g/mol. The number of unbranched alkanes of at least 4 members (excludes halogenated alkanes) is 1. The molecule has 0 saturated heterocycles. The zero-order chi connectivity index (χ0) is 23.7. The fourth-order valence-electron chi connectivity index (χ4n) is 4.62. The minimum atomic E-state index is -0.653. The van der Waals surface area contributed by atoms with Gasteiger partial charge in [0.1, 0.15) is 0 Å². The van der Waals surface area contributed by atoms with E-state index in [9.17, 15) is 19.2 Å². The van der Waals surface area contributed by atoms with Crippen molar-refractivity contribution in [3.8, 4) is 0 Å². The third-order valence-corrected chi connectivity index (χ3v) is 6.58. The molecular weight excluding hydrogens is 422 g/mol. The Morgan fingerprint density at radius 2 is 1.33 bits per heavy atom. The summed E-state index contributed by atoms with van der Waals surface area (Å²) in [5.74, 6) is 3.99. The normalized spacial score (nSPS) is 16.2. The standard InChI is InChI=1S/C25H29N3O5/c1-3-5-7-15(4-2)14-33-13-6-12-27-22(29)16-8-10-18-21-19(25(32)28(26)24(18)31)11-9-17(20(16)21)23(27)30/h8-11,15H,3-7,12-14,26H2,1-2H3. The number of hydrogen-bond acceptors (Lipinski definition) is 6. The number of amides is 4. The summed E-state index contributed by atoms with van der Waals surface area (Å²) in [5.41, 5.74) is 1.04. The van der Waals surface area contributed by atoms with Crippen LogP contribution in [0.25, 0.3) is 10.8 Å². The van der Waals surface area contributed by atoms with Gasteiger partial charge in [-0.15, -0.1) is 0 Å². The summed E-state index contributed by atoms with van der Waals surface area (Å²) < 4.78 is 5.82. The van der Waals surface area contributed by atoms with Crippen molar-refractivity contribution in [1.82, 2.24) is 9.91 Å². The number of carbonyl (C=O) groups excluding carboxylic acids is 4. The number of carbonyl (C=O) groups is 4. The highest BCUT2D eigenvalue weighted by atomic mass is 16.5. The zero-order valence-corrected chi connectivity index (χ0v) is 19.1. The van der Waals surface area contributed by atoms with Crippen LogP contribution in [0.4, 0.5) is 0 Å². The maximum atomic E-state index is 13.2. The van der Waals surface area contributed by atoms with Crippen molar-refractivity contribution in [3.05, 3.63) is 46.5 Å². The van der Waals surface area contributed by atoms with Crippen LogP contribution in [0.1, 0.15) is 87.4 Å². The van der Waals surface area contributed by atoms with Gasteiger partial charge in [-0.25, -0.2) is 10.9 Å². The minimum Gasteiger partial charge on any atom is -0.381 e. The molecule has 0 saturated carbocycles. The van der Waals surface area contributed by atoms with Gasteiger partial charge in [0.05, 0.1) is 11.1 Å². The number of nitrogens with zero attached hydrogens (tertiary/aromatic N) is 2. The maximum Gasteiger partial charge on any atom is 0.275 e. The highest BCUT2D eigenvalue weighted by Crippen LogP contribution is 2.37. The fraction of sp³-hybridized carbons (Fsp3) is 0.440. The molecule has 8 nitrogen and oxygen atoms in total. The lowest BCUT2D eigenvalue weighted by molar-refractivity contribution is 0.0554. The van der Waals surface area contributed by atoms with E-state index in [1.165, 1.54) is 42.0 Å². The van der Waals surface area contributed by atoms with E-state index in [-0.39, 0.29) is 17.7 Å². The highest BCUT2D eigenvalue weighted by molar-refractivity contribution is 6.33. The molecule has 2 aliphatic rings. The third-order valence-electron chi connectivity index (χ3n) is 6.58. The van der Waals surface area contributed by atoms with Crippen LogP contribution < -0.4 is 5.84 Å². The lowest BCUT2D eigenvalue weighted by Crippen LogP contribution is -2.46. The maximum absolute atomic E-state index is 13.2. The Morgan fingerprint density at radius 1 is 0.818 bits per heavy atom. The summed E-state index contributed by atoms with van der Waals surface area (Å²) in [4.78, 5) is 52.5. The van der Waals surface area contributed by atoms with Crippen LogP contribution >= 0.6 is 0 Å². The summed E-state index contributed by atoms with van der Waals surface area (Å²) in [6.07, 6.45) is 5.11. The van der Waals surface area contributed by atoms with Crippen molar-refractivity contribution < 1.29 is 23.9 Å². The van der Waals surface area contributed by atoms with Gasteiger partial charge in [0.15, 0.2) is 0 Å². The van der Waals surface area contributed by atoms with Crippen LogP contribution in [0.2, 0.25) is 0 Å². The van der Waals surface area contributed by atoms with Crippen molar-refractivity contribution in [3.63, 3.8) is 0 Å². The van der Waals surface area contributed by atoms with Gasteiger partial charge in [-0.1, -0.05) is 33.1 Å². The zero-order valence-electron chi connectivity index (χ0n) is 19.1. The molecule has 2 N–H and O–H groups in total. The molecular formula is C25H29N3O5. The van der Waals surface area contributed by atoms with Gasteiger partial charge in [0.2, 0.25) is 0 Å². The third kappa shape index (κ3) is 3.94. The Morgan fingerprint density at radius 3 is 1.82 bits per heavy atom. The number of benzene rings is 2. The van der Waals surface area contributed by atoms with Gasteiger partial charge in [-0.2, -0.15) is 0 Å². The molecule has 0 aromatic heterocycles. The molecule has 0 bridgehead atoms. The van der Waals surface area contributed by atoms with Crippen molar-refractivity contribution in [1.29, 1.82) is 0 Å². The van der Waals surface area contributed by atoms with Gasteiger partial charge >= 0.3 is 0 Å². The van der Waals surface area contributed by atoms with Crippen molar-refractivity contribution in [2.24, 2.45) is 11.8 Å². The molecule has 2 aromatic rings. The van der Waals surface area contributed by atoms with Crippen LogP contribution in [-0.4, -0.2) is 53.3 Å². The Bertz CT molecular complexity index is 1070. The van der Waals surface area contributed by atoms with Crippen LogP contribution in [0.5, 0.6) is 0 Å². The van der Waals surface area contributed by atoms with Gasteiger partial charge in [0.25, 0.3) is 23.6 Å². The predicted molar refractivity (Wildman–Crippen MR) is 123 cm³/mol. The molecule has 4 amide bonds. The van der Waals surface area contributed by atoms with E-state index in [1.807, 2.05) is 0 Å². The molecule has 1 unspecified atom stereocenters. The second-order valence-corrected chi connectivity index (χ2v) is 8.66. The molecule has 33 heavy (non-hydrogen) atoms.